The monoisotopic (exact) mass is 317 g/mol. The second-order valence-electron chi connectivity index (χ2n) is 5.56. The number of aliphatic hydroxyl groups is 1. The molecule has 0 saturated carbocycles. The summed E-state index contributed by atoms with van der Waals surface area (Å²) in [6.07, 6.45) is -4.51. The van der Waals surface area contributed by atoms with Crippen LogP contribution in [0.5, 0.6) is 0 Å². The molecule has 0 amide bonds. The molecule has 22 heavy (non-hydrogen) atoms. The molecule has 122 valence electrons. The number of benzene rings is 1. The molecular formula is C16H19F4NO. The predicted molar refractivity (Wildman–Crippen MR) is 76.0 cm³/mol. The average molecular weight is 317 g/mol. The molecule has 1 aliphatic rings. The summed E-state index contributed by atoms with van der Waals surface area (Å²) < 4.78 is 52.2. The van der Waals surface area contributed by atoms with Gasteiger partial charge in [-0.2, -0.15) is 13.2 Å². The van der Waals surface area contributed by atoms with E-state index >= 15 is 0 Å². The van der Waals surface area contributed by atoms with Gasteiger partial charge in [0.1, 0.15) is 5.82 Å². The van der Waals surface area contributed by atoms with E-state index in [0.29, 0.717) is 12.8 Å². The van der Waals surface area contributed by atoms with Crippen LogP contribution < -0.4 is 0 Å². The minimum absolute atomic E-state index is 0.124. The smallest absolute Gasteiger partial charge is 0.379 e. The highest BCUT2D eigenvalue weighted by atomic mass is 19.4. The van der Waals surface area contributed by atoms with Gasteiger partial charge in [0.2, 0.25) is 0 Å². The van der Waals surface area contributed by atoms with Gasteiger partial charge < -0.3 is 5.11 Å². The molecule has 6 heteroatoms. The Morgan fingerprint density at radius 1 is 1.32 bits per heavy atom. The van der Waals surface area contributed by atoms with Crippen molar-refractivity contribution in [2.75, 3.05) is 19.6 Å². The van der Waals surface area contributed by atoms with Crippen LogP contribution in [0.4, 0.5) is 17.6 Å². The summed E-state index contributed by atoms with van der Waals surface area (Å²) in [6, 6.07) is 3.87. The number of rotatable bonds is 4. The second kappa shape index (κ2) is 6.79. The number of piperidine rings is 1. The van der Waals surface area contributed by atoms with E-state index < -0.39 is 23.7 Å². The number of hydrogen-bond acceptors (Lipinski definition) is 2. The van der Waals surface area contributed by atoms with Gasteiger partial charge in [-0.3, -0.25) is 4.90 Å². The quantitative estimate of drug-likeness (QED) is 0.675. The van der Waals surface area contributed by atoms with Crippen molar-refractivity contribution >= 4 is 0 Å². The average Bonchev–Trinajstić information content (AvgIpc) is 2.47. The van der Waals surface area contributed by atoms with E-state index in [2.05, 4.69) is 11.5 Å². The van der Waals surface area contributed by atoms with Gasteiger partial charge >= 0.3 is 6.18 Å². The van der Waals surface area contributed by atoms with Crippen LogP contribution in [0.1, 0.15) is 36.0 Å². The zero-order chi connectivity index (χ0) is 16.3. The number of hydrogen-bond donors (Lipinski definition) is 1. The summed E-state index contributed by atoms with van der Waals surface area (Å²) in [5.74, 6) is -1.06. The molecule has 2 nitrogen and oxygen atoms in total. The van der Waals surface area contributed by atoms with E-state index in [1.165, 1.54) is 12.1 Å². The van der Waals surface area contributed by atoms with Crippen LogP contribution in [0.3, 0.4) is 0 Å². The van der Waals surface area contributed by atoms with Crippen molar-refractivity contribution in [2.24, 2.45) is 0 Å². The lowest BCUT2D eigenvalue weighted by molar-refractivity contribution is -0.207. The van der Waals surface area contributed by atoms with Crippen molar-refractivity contribution in [3.63, 3.8) is 0 Å². The fourth-order valence-corrected chi connectivity index (χ4v) is 2.88. The minimum atomic E-state index is -4.87. The summed E-state index contributed by atoms with van der Waals surface area (Å²) in [5.41, 5.74) is -0.433. The van der Waals surface area contributed by atoms with Crippen molar-refractivity contribution in [1.29, 1.82) is 0 Å². The van der Waals surface area contributed by atoms with Crippen molar-refractivity contribution in [3.05, 3.63) is 47.8 Å². The maximum absolute atomic E-state index is 14.4. The minimum Gasteiger partial charge on any atom is -0.379 e. The zero-order valence-electron chi connectivity index (χ0n) is 12.1. The number of halogens is 4. The Bertz CT molecular complexity index is 521. The lowest BCUT2D eigenvalue weighted by atomic mass is 9.87. The lowest BCUT2D eigenvalue weighted by Crippen LogP contribution is -2.33. The largest absolute Gasteiger partial charge is 0.418 e. The Kier molecular flexibility index (Phi) is 5.24. The van der Waals surface area contributed by atoms with E-state index in [4.69, 9.17) is 0 Å². The predicted octanol–water partition coefficient (Wildman–Crippen LogP) is 3.79. The molecule has 1 aromatic rings. The van der Waals surface area contributed by atoms with Crippen molar-refractivity contribution < 1.29 is 22.7 Å². The number of alkyl halides is 3. The third-order valence-corrected chi connectivity index (χ3v) is 4.08. The Hall–Kier alpha value is -1.40. The number of aliphatic hydroxyl groups excluding tert-OH is 1. The van der Waals surface area contributed by atoms with Crippen LogP contribution in [0.25, 0.3) is 0 Å². The van der Waals surface area contributed by atoms with Gasteiger partial charge in [0.15, 0.2) is 6.10 Å². The Morgan fingerprint density at radius 3 is 2.50 bits per heavy atom. The van der Waals surface area contributed by atoms with Crippen molar-refractivity contribution in [2.45, 2.75) is 31.0 Å². The van der Waals surface area contributed by atoms with Crippen LogP contribution in [0.2, 0.25) is 0 Å². The van der Waals surface area contributed by atoms with Gasteiger partial charge in [0, 0.05) is 12.1 Å². The first-order valence-corrected chi connectivity index (χ1v) is 7.21. The summed E-state index contributed by atoms with van der Waals surface area (Å²) >= 11 is 0. The fraction of sp³-hybridized carbons (Fsp3) is 0.500. The maximum Gasteiger partial charge on any atom is 0.418 e. The molecule has 0 aliphatic carbocycles. The topological polar surface area (TPSA) is 23.5 Å². The van der Waals surface area contributed by atoms with Gasteiger partial charge in [-0.15, -0.1) is 6.58 Å². The normalized spacial score (nSPS) is 19.1. The third-order valence-electron chi connectivity index (χ3n) is 4.08. The summed E-state index contributed by atoms with van der Waals surface area (Å²) in [7, 11) is 0. The molecule has 0 aromatic heterocycles. The van der Waals surface area contributed by atoms with Gasteiger partial charge in [-0.1, -0.05) is 24.3 Å². The molecule has 1 aliphatic heterocycles. The Balaban J connectivity index is 2.18. The fourth-order valence-electron chi connectivity index (χ4n) is 2.88. The first-order valence-electron chi connectivity index (χ1n) is 7.21. The Morgan fingerprint density at radius 2 is 1.95 bits per heavy atom. The van der Waals surface area contributed by atoms with Crippen LogP contribution in [0, 0.1) is 5.82 Å². The van der Waals surface area contributed by atoms with Gasteiger partial charge in [-0.05, 0) is 37.4 Å². The molecular weight excluding hydrogens is 298 g/mol. The lowest BCUT2D eigenvalue weighted by Gasteiger charge is -2.32. The molecule has 0 radical (unpaired) electrons. The van der Waals surface area contributed by atoms with Gasteiger partial charge in [0.05, 0.1) is 0 Å². The van der Waals surface area contributed by atoms with Crippen LogP contribution in [-0.2, 0) is 0 Å². The van der Waals surface area contributed by atoms with E-state index in [1.807, 2.05) is 0 Å². The molecule has 1 unspecified atom stereocenters. The summed E-state index contributed by atoms with van der Waals surface area (Å²) in [6.45, 7) is 5.92. The molecule has 2 rings (SSSR count). The van der Waals surface area contributed by atoms with E-state index in [-0.39, 0.29) is 11.5 Å². The molecule has 0 bridgehead atoms. The number of nitrogens with zero attached hydrogens (tertiary/aromatic N) is 1. The first kappa shape index (κ1) is 17.0. The second-order valence-corrected chi connectivity index (χ2v) is 5.56. The zero-order valence-corrected chi connectivity index (χ0v) is 12.1. The maximum atomic E-state index is 14.4. The Labute approximate surface area is 127 Å². The van der Waals surface area contributed by atoms with Crippen molar-refractivity contribution in [3.8, 4) is 0 Å². The third kappa shape index (κ3) is 3.67. The van der Waals surface area contributed by atoms with Crippen molar-refractivity contribution in [1.82, 2.24) is 4.90 Å². The summed E-state index contributed by atoms with van der Waals surface area (Å²) in [4.78, 5) is 2.16. The van der Waals surface area contributed by atoms with E-state index in [9.17, 15) is 22.7 Å². The van der Waals surface area contributed by atoms with Crippen LogP contribution in [-0.4, -0.2) is 35.8 Å². The van der Waals surface area contributed by atoms with Gasteiger partial charge in [-0.25, -0.2) is 4.39 Å². The first-order chi connectivity index (χ1) is 10.3. The summed E-state index contributed by atoms with van der Waals surface area (Å²) in [5, 5.41) is 9.29. The van der Waals surface area contributed by atoms with E-state index in [1.54, 1.807) is 6.08 Å². The van der Waals surface area contributed by atoms with Crippen LogP contribution in [0.15, 0.2) is 30.9 Å². The molecule has 0 spiro atoms. The molecule has 1 saturated heterocycles. The molecule has 1 atom stereocenters. The molecule has 1 heterocycles. The van der Waals surface area contributed by atoms with Gasteiger partial charge in [0.25, 0.3) is 0 Å². The highest BCUT2D eigenvalue weighted by molar-refractivity contribution is 5.31. The SMILES string of the molecule is C=CCN1CCC(c2cccc(C(O)C(F)(F)F)c2F)CC1. The standard InChI is InChI=1S/C16H19F4NO/c1-2-8-21-9-6-11(7-10-21)12-4-3-5-13(14(12)17)15(22)16(18,19)20/h2-5,11,15,22H,1,6-10H2. The molecule has 1 aromatic carbocycles. The molecule has 1 fully saturated rings. The highest BCUT2D eigenvalue weighted by Crippen LogP contribution is 2.37. The molecule has 1 N–H and O–H groups in total. The van der Waals surface area contributed by atoms with E-state index in [0.717, 1.165) is 25.7 Å². The number of likely N-dealkylation sites (tertiary alicyclic amines) is 1. The highest BCUT2D eigenvalue weighted by Gasteiger charge is 2.41. The van der Waals surface area contributed by atoms with Crippen LogP contribution >= 0.6 is 0 Å².